The van der Waals surface area contributed by atoms with Gasteiger partial charge < -0.3 is 10.6 Å². The molecule has 0 saturated heterocycles. The Labute approximate surface area is 121 Å². The number of amides is 2. The molecule has 1 aliphatic heterocycles. The average Bonchev–Trinajstić information content (AvgIpc) is 2.81. The molecule has 1 aliphatic rings. The predicted molar refractivity (Wildman–Crippen MR) is 77.9 cm³/mol. The van der Waals surface area contributed by atoms with Gasteiger partial charge >= 0.3 is 0 Å². The lowest BCUT2D eigenvalue weighted by molar-refractivity contribution is -0.115. The number of benzene rings is 2. The minimum Gasteiger partial charge on any atom is -0.326 e. The summed E-state index contributed by atoms with van der Waals surface area (Å²) in [4.78, 5) is 23.5. The molecule has 2 N–H and O–H groups in total. The molecule has 0 bridgehead atoms. The second-order valence-corrected chi connectivity index (χ2v) is 5.01. The number of fused-ring (bicyclic) bond motifs is 1. The first-order chi connectivity index (χ1) is 10.0. The molecule has 1 heterocycles. The Kier molecular flexibility index (Phi) is 3.17. The van der Waals surface area contributed by atoms with E-state index in [-0.39, 0.29) is 11.8 Å². The fraction of sp³-hybridized carbons (Fsp3) is 0.125. The van der Waals surface area contributed by atoms with Gasteiger partial charge in [0.15, 0.2) is 0 Å². The quantitative estimate of drug-likeness (QED) is 0.891. The van der Waals surface area contributed by atoms with Crippen molar-refractivity contribution in [2.24, 2.45) is 0 Å². The van der Waals surface area contributed by atoms with Crippen molar-refractivity contribution in [1.29, 1.82) is 0 Å². The van der Waals surface area contributed by atoms with Crippen LogP contribution >= 0.6 is 0 Å². The van der Waals surface area contributed by atoms with E-state index in [1.54, 1.807) is 31.2 Å². The maximum Gasteiger partial charge on any atom is 0.255 e. The Balaban J connectivity index is 1.85. The van der Waals surface area contributed by atoms with Crippen LogP contribution in [0, 0.1) is 12.7 Å². The number of nitrogens with one attached hydrogen (secondary N) is 2. The van der Waals surface area contributed by atoms with Gasteiger partial charge in [0.2, 0.25) is 5.91 Å². The van der Waals surface area contributed by atoms with Crippen LogP contribution in [-0.4, -0.2) is 11.8 Å². The molecule has 106 valence electrons. The van der Waals surface area contributed by atoms with E-state index >= 15 is 0 Å². The van der Waals surface area contributed by atoms with E-state index in [4.69, 9.17) is 0 Å². The van der Waals surface area contributed by atoms with Crippen LogP contribution in [0.5, 0.6) is 0 Å². The molecule has 0 unspecified atom stereocenters. The van der Waals surface area contributed by atoms with E-state index in [2.05, 4.69) is 10.6 Å². The summed E-state index contributed by atoms with van der Waals surface area (Å²) in [5.74, 6) is -0.826. The van der Waals surface area contributed by atoms with Crippen LogP contribution in [0.4, 0.5) is 15.8 Å². The molecule has 0 saturated carbocycles. The van der Waals surface area contributed by atoms with E-state index in [0.717, 1.165) is 11.1 Å². The first-order valence-corrected chi connectivity index (χ1v) is 6.53. The van der Waals surface area contributed by atoms with Crippen LogP contribution in [0.25, 0.3) is 0 Å². The highest BCUT2D eigenvalue weighted by Crippen LogP contribution is 2.25. The maximum absolute atomic E-state index is 13.2. The zero-order chi connectivity index (χ0) is 15.0. The van der Waals surface area contributed by atoms with E-state index < -0.39 is 5.82 Å². The summed E-state index contributed by atoms with van der Waals surface area (Å²) in [5, 5.41) is 5.38. The van der Waals surface area contributed by atoms with Crippen LogP contribution in [0.1, 0.15) is 21.5 Å². The molecule has 21 heavy (non-hydrogen) atoms. The summed E-state index contributed by atoms with van der Waals surface area (Å²) < 4.78 is 13.2. The molecule has 2 aromatic carbocycles. The van der Waals surface area contributed by atoms with Crippen molar-refractivity contribution < 1.29 is 14.0 Å². The lowest BCUT2D eigenvalue weighted by Crippen LogP contribution is -2.13. The van der Waals surface area contributed by atoms with Crippen molar-refractivity contribution in [3.63, 3.8) is 0 Å². The van der Waals surface area contributed by atoms with Gasteiger partial charge in [-0.15, -0.1) is 0 Å². The van der Waals surface area contributed by atoms with E-state index in [1.807, 2.05) is 0 Å². The number of rotatable bonds is 2. The molecule has 0 spiro atoms. The second-order valence-electron chi connectivity index (χ2n) is 5.01. The van der Waals surface area contributed by atoms with E-state index in [9.17, 15) is 14.0 Å². The molecular weight excluding hydrogens is 271 g/mol. The van der Waals surface area contributed by atoms with Crippen molar-refractivity contribution in [2.45, 2.75) is 13.3 Å². The van der Waals surface area contributed by atoms with Crippen LogP contribution in [0.15, 0.2) is 36.4 Å². The van der Waals surface area contributed by atoms with Crippen molar-refractivity contribution in [2.75, 3.05) is 10.6 Å². The Hall–Kier alpha value is -2.69. The highest BCUT2D eigenvalue weighted by atomic mass is 19.1. The molecule has 5 heteroatoms. The summed E-state index contributed by atoms with van der Waals surface area (Å²) in [7, 11) is 0. The lowest BCUT2D eigenvalue weighted by atomic mass is 10.1. The smallest absolute Gasteiger partial charge is 0.255 e. The number of hydrogen-bond acceptors (Lipinski definition) is 2. The van der Waals surface area contributed by atoms with E-state index in [1.165, 1.54) is 12.1 Å². The molecule has 0 aromatic heterocycles. The number of anilines is 2. The monoisotopic (exact) mass is 284 g/mol. The molecule has 0 radical (unpaired) electrons. The Morgan fingerprint density at radius 2 is 2.05 bits per heavy atom. The van der Waals surface area contributed by atoms with Crippen molar-refractivity contribution in [1.82, 2.24) is 0 Å². The number of hydrogen-bond donors (Lipinski definition) is 2. The second kappa shape index (κ2) is 5.01. The van der Waals surface area contributed by atoms with Crippen LogP contribution in [-0.2, 0) is 11.2 Å². The van der Waals surface area contributed by atoms with E-state index in [0.29, 0.717) is 23.4 Å². The van der Waals surface area contributed by atoms with Gasteiger partial charge in [-0.25, -0.2) is 4.39 Å². The summed E-state index contributed by atoms with van der Waals surface area (Å²) >= 11 is 0. The van der Waals surface area contributed by atoms with Crippen LogP contribution < -0.4 is 10.6 Å². The molecule has 3 rings (SSSR count). The van der Waals surface area contributed by atoms with Gasteiger partial charge in [-0.3, -0.25) is 9.59 Å². The van der Waals surface area contributed by atoms with Crippen molar-refractivity contribution >= 4 is 23.2 Å². The van der Waals surface area contributed by atoms with Gasteiger partial charge in [0.05, 0.1) is 6.42 Å². The highest BCUT2D eigenvalue weighted by molar-refractivity contribution is 6.07. The third-order valence-corrected chi connectivity index (χ3v) is 3.44. The lowest BCUT2D eigenvalue weighted by Gasteiger charge is -2.09. The molecule has 0 aliphatic carbocycles. The van der Waals surface area contributed by atoms with Gasteiger partial charge in [0.1, 0.15) is 5.82 Å². The Bertz CT molecular complexity index is 756. The average molecular weight is 284 g/mol. The normalized spacial score (nSPS) is 12.8. The first-order valence-electron chi connectivity index (χ1n) is 6.53. The highest BCUT2D eigenvalue weighted by Gasteiger charge is 2.19. The summed E-state index contributed by atoms with van der Waals surface area (Å²) in [6.07, 6.45) is 0.334. The zero-order valence-electron chi connectivity index (χ0n) is 11.4. The first kappa shape index (κ1) is 13.3. The van der Waals surface area contributed by atoms with Crippen molar-refractivity contribution in [3.8, 4) is 0 Å². The predicted octanol–water partition coefficient (Wildman–Crippen LogP) is 2.88. The van der Waals surface area contributed by atoms with Gasteiger partial charge in [-0.05, 0) is 42.3 Å². The molecule has 2 amide bonds. The minimum atomic E-state index is -0.405. The number of halogens is 1. The fourth-order valence-electron chi connectivity index (χ4n) is 2.28. The van der Waals surface area contributed by atoms with Gasteiger partial charge in [-0.2, -0.15) is 0 Å². The van der Waals surface area contributed by atoms with Crippen molar-refractivity contribution in [3.05, 3.63) is 58.9 Å². The zero-order valence-corrected chi connectivity index (χ0v) is 11.4. The molecule has 2 aromatic rings. The number of carbonyl (C=O) groups excluding carboxylic acids is 2. The summed E-state index contributed by atoms with van der Waals surface area (Å²) in [6, 6.07) is 9.26. The van der Waals surface area contributed by atoms with Gasteiger partial charge in [0, 0.05) is 16.9 Å². The van der Waals surface area contributed by atoms with Gasteiger partial charge in [-0.1, -0.05) is 12.1 Å². The topological polar surface area (TPSA) is 58.2 Å². The van der Waals surface area contributed by atoms with Crippen LogP contribution in [0.3, 0.4) is 0 Å². The number of carbonyl (C=O) groups is 2. The minimum absolute atomic E-state index is 0.0801. The third-order valence-electron chi connectivity index (χ3n) is 3.44. The summed E-state index contributed by atoms with van der Waals surface area (Å²) in [6.45, 7) is 1.79. The fourth-order valence-corrected chi connectivity index (χ4v) is 2.28. The largest absolute Gasteiger partial charge is 0.326 e. The molecule has 0 atom stereocenters. The summed E-state index contributed by atoms with van der Waals surface area (Å²) in [5.41, 5.74) is 3.16. The van der Waals surface area contributed by atoms with Crippen LogP contribution in [0.2, 0.25) is 0 Å². The standard InChI is InChI=1S/C16H13FN2O2/c1-9-2-5-12(17)8-13(9)19-16(21)11-4-3-10-7-15(20)18-14(10)6-11/h2-6,8H,7H2,1H3,(H,18,20)(H,19,21). The number of aryl methyl sites for hydroxylation is 1. The SMILES string of the molecule is Cc1ccc(F)cc1NC(=O)c1ccc2c(c1)NC(=O)C2. The maximum atomic E-state index is 13.2. The third kappa shape index (κ3) is 2.63. The molecule has 4 nitrogen and oxygen atoms in total. The molecule has 0 fully saturated rings. The van der Waals surface area contributed by atoms with Gasteiger partial charge in [0.25, 0.3) is 5.91 Å². The Morgan fingerprint density at radius 1 is 1.24 bits per heavy atom. The Morgan fingerprint density at radius 3 is 2.86 bits per heavy atom. The molecular formula is C16H13FN2O2.